The highest BCUT2D eigenvalue weighted by atomic mass is 32.2. The van der Waals surface area contributed by atoms with E-state index in [9.17, 15) is 8.42 Å². The number of fused-ring (bicyclic) bond motifs is 1. The van der Waals surface area contributed by atoms with Crippen LogP contribution < -0.4 is 5.14 Å². The first-order chi connectivity index (χ1) is 15.0. The van der Waals surface area contributed by atoms with E-state index in [2.05, 4.69) is 0 Å². The first-order valence-electron chi connectivity index (χ1n) is 9.76. The molecule has 0 radical (unpaired) electrons. The molecule has 2 aromatic heterocycles. The molecule has 0 atom stereocenters. The number of hydrogen-bond donors (Lipinski definition) is 1. The van der Waals surface area contributed by atoms with Gasteiger partial charge in [-0.15, -0.1) is 0 Å². The zero-order valence-electron chi connectivity index (χ0n) is 16.5. The SMILES string of the molecule is NS(=O)(=O)c1cccc(-c2cc(-c3ccccc3)c3nc(-c4ccccc4)cn3c2)c1. The normalized spacial score (nSPS) is 11.6. The molecule has 152 valence electrons. The molecule has 2 heterocycles. The largest absolute Gasteiger partial charge is 0.305 e. The first kappa shape index (κ1) is 19.2. The van der Waals surface area contributed by atoms with Gasteiger partial charge in [0.1, 0.15) is 5.65 Å². The number of aromatic nitrogens is 2. The van der Waals surface area contributed by atoms with Gasteiger partial charge in [-0.2, -0.15) is 0 Å². The second-order valence-corrected chi connectivity index (χ2v) is 8.87. The molecule has 0 spiro atoms. The molecule has 2 N–H and O–H groups in total. The maximum atomic E-state index is 11.8. The lowest BCUT2D eigenvalue weighted by molar-refractivity contribution is 0.598. The van der Waals surface area contributed by atoms with E-state index in [0.29, 0.717) is 0 Å². The average molecular weight is 426 g/mol. The predicted octanol–water partition coefficient (Wildman–Crippen LogP) is 4.98. The van der Waals surface area contributed by atoms with Crippen molar-refractivity contribution in [2.45, 2.75) is 4.90 Å². The van der Waals surface area contributed by atoms with E-state index >= 15 is 0 Å². The van der Waals surface area contributed by atoms with Crippen LogP contribution in [0.3, 0.4) is 0 Å². The summed E-state index contributed by atoms with van der Waals surface area (Å²) >= 11 is 0. The fourth-order valence-corrected chi connectivity index (χ4v) is 4.25. The van der Waals surface area contributed by atoms with Gasteiger partial charge in [-0.25, -0.2) is 18.5 Å². The molecule has 0 bridgehead atoms. The van der Waals surface area contributed by atoms with Crippen LogP contribution in [0, 0.1) is 0 Å². The van der Waals surface area contributed by atoms with Gasteiger partial charge in [0.25, 0.3) is 0 Å². The molecule has 0 saturated carbocycles. The number of sulfonamides is 1. The summed E-state index contributed by atoms with van der Waals surface area (Å²) in [7, 11) is -3.79. The average Bonchev–Trinajstić information content (AvgIpc) is 3.23. The van der Waals surface area contributed by atoms with Gasteiger partial charge < -0.3 is 4.40 Å². The molecule has 6 heteroatoms. The molecule has 3 aromatic carbocycles. The lowest BCUT2D eigenvalue weighted by Gasteiger charge is -2.10. The maximum Gasteiger partial charge on any atom is 0.238 e. The fraction of sp³-hybridized carbons (Fsp3) is 0. The van der Waals surface area contributed by atoms with E-state index < -0.39 is 10.0 Å². The Morgan fingerprint density at radius 3 is 2.00 bits per heavy atom. The van der Waals surface area contributed by atoms with Crippen LogP contribution in [0.2, 0.25) is 0 Å². The Labute approximate surface area is 180 Å². The standard InChI is InChI=1S/C25H19N3O2S/c26-31(29,30)22-13-7-12-20(14-22)21-15-23(18-8-3-1-4-9-18)25-27-24(17-28(25)16-21)19-10-5-2-6-11-19/h1-17H,(H2,26,29,30). The zero-order chi connectivity index (χ0) is 21.4. The molecular weight excluding hydrogens is 406 g/mol. The van der Waals surface area contributed by atoms with Crippen molar-refractivity contribution in [1.82, 2.24) is 9.38 Å². The van der Waals surface area contributed by atoms with Crippen LogP contribution in [-0.2, 0) is 10.0 Å². The summed E-state index contributed by atoms with van der Waals surface area (Å²) in [6, 6.07) is 28.7. The highest BCUT2D eigenvalue weighted by molar-refractivity contribution is 7.89. The van der Waals surface area contributed by atoms with Crippen LogP contribution in [0.4, 0.5) is 0 Å². The van der Waals surface area contributed by atoms with Gasteiger partial charge in [-0.1, -0.05) is 72.8 Å². The number of imidazole rings is 1. The third-order valence-corrected chi connectivity index (χ3v) is 6.11. The van der Waals surface area contributed by atoms with Crippen molar-refractivity contribution in [3.05, 3.63) is 103 Å². The third kappa shape index (κ3) is 3.74. The van der Waals surface area contributed by atoms with Crippen molar-refractivity contribution in [3.8, 4) is 33.5 Å². The number of pyridine rings is 1. The minimum absolute atomic E-state index is 0.0852. The summed E-state index contributed by atoms with van der Waals surface area (Å²) in [5, 5.41) is 5.34. The van der Waals surface area contributed by atoms with Crippen molar-refractivity contribution in [2.75, 3.05) is 0 Å². The van der Waals surface area contributed by atoms with Crippen molar-refractivity contribution in [3.63, 3.8) is 0 Å². The number of nitrogens with zero attached hydrogens (tertiary/aromatic N) is 2. The Bertz CT molecular complexity index is 1490. The highest BCUT2D eigenvalue weighted by Crippen LogP contribution is 2.32. The Balaban J connectivity index is 1.76. The van der Waals surface area contributed by atoms with Crippen molar-refractivity contribution >= 4 is 15.7 Å². The van der Waals surface area contributed by atoms with E-state index in [1.807, 2.05) is 89.6 Å². The fourth-order valence-electron chi connectivity index (χ4n) is 3.69. The first-order valence-corrected chi connectivity index (χ1v) is 11.3. The molecule has 0 saturated heterocycles. The van der Waals surface area contributed by atoms with Crippen LogP contribution in [-0.4, -0.2) is 17.8 Å². The minimum Gasteiger partial charge on any atom is -0.305 e. The van der Waals surface area contributed by atoms with Crippen LogP contribution in [0.5, 0.6) is 0 Å². The Morgan fingerprint density at radius 1 is 0.677 bits per heavy atom. The van der Waals surface area contributed by atoms with E-state index in [1.165, 1.54) is 6.07 Å². The zero-order valence-corrected chi connectivity index (χ0v) is 17.3. The van der Waals surface area contributed by atoms with Crippen molar-refractivity contribution < 1.29 is 8.42 Å². The topological polar surface area (TPSA) is 77.5 Å². The molecule has 5 nitrogen and oxygen atoms in total. The highest BCUT2D eigenvalue weighted by Gasteiger charge is 2.14. The minimum atomic E-state index is -3.79. The summed E-state index contributed by atoms with van der Waals surface area (Å²) in [4.78, 5) is 4.98. The van der Waals surface area contributed by atoms with Gasteiger partial charge in [0.15, 0.2) is 0 Å². The van der Waals surface area contributed by atoms with Crippen LogP contribution >= 0.6 is 0 Å². The number of primary sulfonamides is 1. The van der Waals surface area contributed by atoms with Gasteiger partial charge >= 0.3 is 0 Å². The van der Waals surface area contributed by atoms with Gasteiger partial charge in [0, 0.05) is 23.5 Å². The second-order valence-electron chi connectivity index (χ2n) is 7.30. The molecule has 0 aliphatic heterocycles. The Morgan fingerprint density at radius 2 is 1.32 bits per heavy atom. The summed E-state index contributed by atoms with van der Waals surface area (Å²) in [5.41, 5.74) is 6.35. The van der Waals surface area contributed by atoms with Crippen LogP contribution in [0.1, 0.15) is 0 Å². The number of nitrogens with two attached hydrogens (primary N) is 1. The van der Waals surface area contributed by atoms with E-state index in [1.54, 1.807) is 12.1 Å². The Hall–Kier alpha value is -3.74. The molecule has 31 heavy (non-hydrogen) atoms. The lowest BCUT2D eigenvalue weighted by atomic mass is 10.0. The predicted molar refractivity (Wildman–Crippen MR) is 123 cm³/mol. The van der Waals surface area contributed by atoms with Gasteiger partial charge in [0.05, 0.1) is 10.6 Å². The summed E-state index contributed by atoms with van der Waals surface area (Å²) in [5.74, 6) is 0. The van der Waals surface area contributed by atoms with Crippen LogP contribution in [0.15, 0.2) is 108 Å². The number of hydrogen-bond acceptors (Lipinski definition) is 3. The monoisotopic (exact) mass is 425 g/mol. The molecule has 0 unspecified atom stereocenters. The quantitative estimate of drug-likeness (QED) is 0.441. The molecule has 5 aromatic rings. The smallest absolute Gasteiger partial charge is 0.238 e. The lowest BCUT2D eigenvalue weighted by Crippen LogP contribution is -2.11. The van der Waals surface area contributed by atoms with E-state index in [-0.39, 0.29) is 4.90 Å². The van der Waals surface area contributed by atoms with E-state index in [4.69, 9.17) is 10.1 Å². The van der Waals surface area contributed by atoms with Gasteiger partial charge in [-0.05, 0) is 34.9 Å². The second kappa shape index (κ2) is 7.50. The van der Waals surface area contributed by atoms with E-state index in [0.717, 1.165) is 39.2 Å². The molecule has 0 aliphatic carbocycles. The number of rotatable bonds is 4. The summed E-state index contributed by atoms with van der Waals surface area (Å²) in [6.07, 6.45) is 3.95. The molecular formula is C25H19N3O2S. The molecule has 0 fully saturated rings. The van der Waals surface area contributed by atoms with Gasteiger partial charge in [-0.3, -0.25) is 0 Å². The number of benzene rings is 3. The summed E-state index contributed by atoms with van der Waals surface area (Å²) in [6.45, 7) is 0. The molecule has 0 amide bonds. The maximum absolute atomic E-state index is 11.8. The summed E-state index contributed by atoms with van der Waals surface area (Å²) < 4.78 is 25.7. The van der Waals surface area contributed by atoms with Crippen molar-refractivity contribution in [1.29, 1.82) is 0 Å². The molecule has 0 aliphatic rings. The third-order valence-electron chi connectivity index (χ3n) is 5.20. The van der Waals surface area contributed by atoms with Crippen molar-refractivity contribution in [2.24, 2.45) is 5.14 Å². The van der Waals surface area contributed by atoms with Gasteiger partial charge in [0.2, 0.25) is 10.0 Å². The van der Waals surface area contributed by atoms with Crippen LogP contribution in [0.25, 0.3) is 39.2 Å². The molecule has 5 rings (SSSR count). The Kier molecular flexibility index (Phi) is 4.66.